The number of hydrogen-bond acceptors (Lipinski definition) is 4. The van der Waals surface area contributed by atoms with E-state index >= 15 is 0 Å². The van der Waals surface area contributed by atoms with Crippen LogP contribution in [0.25, 0.3) is 0 Å². The third-order valence-corrected chi connectivity index (χ3v) is 4.87. The highest BCUT2D eigenvalue weighted by Gasteiger charge is 2.45. The van der Waals surface area contributed by atoms with E-state index in [1.54, 1.807) is 10.4 Å². The van der Waals surface area contributed by atoms with E-state index in [-0.39, 0.29) is 17.9 Å². The van der Waals surface area contributed by atoms with E-state index in [4.69, 9.17) is 0 Å². The summed E-state index contributed by atoms with van der Waals surface area (Å²) in [4.78, 5) is 29.5. The van der Waals surface area contributed by atoms with Gasteiger partial charge in [0.25, 0.3) is 0 Å². The highest BCUT2D eigenvalue weighted by Crippen LogP contribution is 2.39. The topological polar surface area (TPSA) is 70.5 Å². The van der Waals surface area contributed by atoms with Crippen molar-refractivity contribution in [2.24, 2.45) is 11.8 Å². The van der Waals surface area contributed by atoms with Crippen molar-refractivity contribution < 1.29 is 14.7 Å². The summed E-state index contributed by atoms with van der Waals surface area (Å²) in [6.07, 6.45) is 2.89. The Kier molecular flexibility index (Phi) is 3.26. The number of rotatable bonds is 3. The molecular weight excluding hydrogens is 264 g/mol. The molecule has 1 aliphatic carbocycles. The zero-order valence-electron chi connectivity index (χ0n) is 10.5. The molecule has 1 N–H and O–H groups in total. The summed E-state index contributed by atoms with van der Waals surface area (Å²) in [6.45, 7) is 0.720. The third-order valence-electron chi connectivity index (χ3n) is 4.23. The molecule has 2 bridgehead atoms. The molecule has 3 fully saturated rings. The van der Waals surface area contributed by atoms with Crippen LogP contribution in [0.2, 0.25) is 0 Å². The van der Waals surface area contributed by atoms with Gasteiger partial charge in [-0.25, -0.2) is 4.98 Å². The maximum Gasteiger partial charge on any atom is 0.308 e. The van der Waals surface area contributed by atoms with Crippen LogP contribution in [0.3, 0.4) is 0 Å². The Hall–Kier alpha value is -1.43. The summed E-state index contributed by atoms with van der Waals surface area (Å²) in [6, 6.07) is -0.117. The first-order valence-corrected chi connectivity index (χ1v) is 7.48. The van der Waals surface area contributed by atoms with Crippen molar-refractivity contribution in [3.63, 3.8) is 0 Å². The number of piperidine rings is 2. The summed E-state index contributed by atoms with van der Waals surface area (Å²) in [5, 5.41) is 11.1. The molecule has 2 saturated heterocycles. The first kappa shape index (κ1) is 12.6. The number of fused-ring (bicyclic) bond motifs is 3. The van der Waals surface area contributed by atoms with Gasteiger partial charge < -0.3 is 10.0 Å². The molecule has 102 valence electrons. The van der Waals surface area contributed by atoms with Gasteiger partial charge in [0.2, 0.25) is 5.91 Å². The number of carboxylic acids is 1. The molecule has 4 rings (SSSR count). The maximum absolute atomic E-state index is 12.3. The van der Waals surface area contributed by atoms with E-state index < -0.39 is 5.97 Å². The van der Waals surface area contributed by atoms with E-state index in [9.17, 15) is 14.7 Å². The van der Waals surface area contributed by atoms with Crippen molar-refractivity contribution in [3.05, 3.63) is 16.6 Å². The lowest BCUT2D eigenvalue weighted by molar-refractivity contribution is -0.155. The molecular formula is C13H16N2O3S. The molecule has 3 aliphatic rings. The highest BCUT2D eigenvalue weighted by molar-refractivity contribution is 7.07. The molecule has 19 heavy (non-hydrogen) atoms. The van der Waals surface area contributed by atoms with Crippen molar-refractivity contribution >= 4 is 23.2 Å². The molecule has 2 aliphatic heterocycles. The van der Waals surface area contributed by atoms with Crippen LogP contribution in [0.15, 0.2) is 10.9 Å². The van der Waals surface area contributed by atoms with Crippen LogP contribution in [0, 0.1) is 11.8 Å². The van der Waals surface area contributed by atoms with Gasteiger partial charge in [0.05, 0.1) is 23.5 Å². The van der Waals surface area contributed by atoms with Crippen LogP contribution < -0.4 is 0 Å². The van der Waals surface area contributed by atoms with E-state index in [0.717, 1.165) is 31.5 Å². The molecule has 0 radical (unpaired) electrons. The fraction of sp³-hybridized carbons (Fsp3) is 0.615. The van der Waals surface area contributed by atoms with Crippen LogP contribution in [-0.2, 0) is 16.0 Å². The predicted octanol–water partition coefficient (Wildman–Crippen LogP) is 1.40. The predicted molar refractivity (Wildman–Crippen MR) is 69.8 cm³/mol. The van der Waals surface area contributed by atoms with E-state index in [1.807, 2.05) is 5.38 Å². The molecule has 0 aromatic carbocycles. The normalized spacial score (nSPS) is 29.5. The van der Waals surface area contributed by atoms with Gasteiger partial charge in [0.15, 0.2) is 0 Å². The largest absolute Gasteiger partial charge is 0.481 e. The number of carboxylic acid groups (broad SMARTS) is 1. The van der Waals surface area contributed by atoms with Gasteiger partial charge in [0, 0.05) is 18.0 Å². The number of thiazole rings is 1. The van der Waals surface area contributed by atoms with E-state index in [2.05, 4.69) is 4.98 Å². The monoisotopic (exact) mass is 280 g/mol. The molecule has 1 aromatic rings. The molecule has 0 spiro atoms. The van der Waals surface area contributed by atoms with Crippen molar-refractivity contribution in [1.29, 1.82) is 0 Å². The Morgan fingerprint density at radius 1 is 1.47 bits per heavy atom. The second-order valence-corrected chi connectivity index (χ2v) is 6.11. The number of aromatic nitrogens is 1. The van der Waals surface area contributed by atoms with Crippen molar-refractivity contribution in [2.75, 3.05) is 6.54 Å². The Balaban J connectivity index is 1.73. The van der Waals surface area contributed by atoms with E-state index in [1.165, 1.54) is 11.3 Å². The zero-order chi connectivity index (χ0) is 13.4. The first-order chi connectivity index (χ1) is 9.15. The second-order valence-electron chi connectivity index (χ2n) is 5.39. The van der Waals surface area contributed by atoms with Crippen LogP contribution in [0.1, 0.15) is 25.0 Å². The lowest BCUT2D eigenvalue weighted by Gasteiger charge is -2.48. The van der Waals surface area contributed by atoms with E-state index in [0.29, 0.717) is 12.3 Å². The van der Waals surface area contributed by atoms with Crippen LogP contribution in [0.5, 0.6) is 0 Å². The summed E-state index contributed by atoms with van der Waals surface area (Å²) < 4.78 is 0. The standard InChI is InChI=1S/C13H16N2O3S/c16-12(4-9-6-19-7-14-9)15-5-8-1-2-11(15)10(3-8)13(17)18/h6-8,10-11H,1-5H2,(H,17,18). The van der Waals surface area contributed by atoms with Crippen molar-refractivity contribution in [2.45, 2.75) is 31.7 Å². The fourth-order valence-electron chi connectivity index (χ4n) is 3.33. The molecule has 5 nitrogen and oxygen atoms in total. The molecule has 3 heterocycles. The Bertz CT molecular complexity index is 488. The molecule has 3 atom stereocenters. The molecule has 1 aromatic heterocycles. The minimum atomic E-state index is -0.763. The fourth-order valence-corrected chi connectivity index (χ4v) is 3.89. The second kappa shape index (κ2) is 4.92. The SMILES string of the molecule is O=C(O)C1CC2CCC1N(C(=O)Cc1cscn1)C2. The first-order valence-electron chi connectivity index (χ1n) is 6.54. The zero-order valence-corrected chi connectivity index (χ0v) is 11.3. The average Bonchev–Trinajstić information content (AvgIpc) is 2.91. The smallest absolute Gasteiger partial charge is 0.308 e. The third kappa shape index (κ3) is 2.36. The Morgan fingerprint density at radius 2 is 2.32 bits per heavy atom. The van der Waals surface area contributed by atoms with Gasteiger partial charge in [-0.05, 0) is 25.2 Å². The van der Waals surface area contributed by atoms with Crippen molar-refractivity contribution in [3.8, 4) is 0 Å². The number of carbonyl (C=O) groups excluding carboxylic acids is 1. The van der Waals surface area contributed by atoms with Gasteiger partial charge in [-0.1, -0.05) is 0 Å². The number of carbonyl (C=O) groups is 2. The lowest BCUT2D eigenvalue weighted by Crippen LogP contribution is -2.57. The van der Waals surface area contributed by atoms with Gasteiger partial charge in [-0.15, -0.1) is 11.3 Å². The summed E-state index contributed by atoms with van der Waals surface area (Å²) in [5.74, 6) is -0.773. The van der Waals surface area contributed by atoms with Gasteiger partial charge in [-0.3, -0.25) is 9.59 Å². The number of hydrogen-bond donors (Lipinski definition) is 1. The number of nitrogens with zero attached hydrogens (tertiary/aromatic N) is 2. The summed E-state index contributed by atoms with van der Waals surface area (Å²) in [7, 11) is 0. The van der Waals surface area contributed by atoms with Crippen LogP contribution >= 0.6 is 11.3 Å². The average molecular weight is 280 g/mol. The van der Waals surface area contributed by atoms with Crippen LogP contribution in [0.4, 0.5) is 0 Å². The molecule has 6 heteroatoms. The van der Waals surface area contributed by atoms with Gasteiger partial charge >= 0.3 is 5.97 Å². The molecule has 1 saturated carbocycles. The highest BCUT2D eigenvalue weighted by atomic mass is 32.1. The maximum atomic E-state index is 12.3. The minimum absolute atomic E-state index is 0.0200. The van der Waals surface area contributed by atoms with Crippen LogP contribution in [-0.4, -0.2) is 39.5 Å². The Labute approximate surface area is 115 Å². The minimum Gasteiger partial charge on any atom is -0.481 e. The molecule has 3 unspecified atom stereocenters. The van der Waals surface area contributed by atoms with Gasteiger partial charge in [0.1, 0.15) is 0 Å². The quantitative estimate of drug-likeness (QED) is 0.908. The molecule has 1 amide bonds. The number of aliphatic carboxylic acids is 1. The lowest BCUT2D eigenvalue weighted by atomic mass is 9.72. The Morgan fingerprint density at radius 3 is 2.95 bits per heavy atom. The summed E-state index contributed by atoms with van der Waals surface area (Å²) in [5.41, 5.74) is 2.49. The summed E-state index contributed by atoms with van der Waals surface area (Å²) >= 11 is 1.47. The van der Waals surface area contributed by atoms with Crippen molar-refractivity contribution in [1.82, 2.24) is 9.88 Å². The number of amides is 1. The van der Waals surface area contributed by atoms with Gasteiger partial charge in [-0.2, -0.15) is 0 Å².